The molecule has 0 unspecified atom stereocenters. The van der Waals surface area contributed by atoms with Gasteiger partial charge in [-0.3, -0.25) is 14.4 Å². The topological polar surface area (TPSA) is 66.5 Å². The Bertz CT molecular complexity index is 1090. The molecule has 4 aliphatic carbocycles. The van der Waals surface area contributed by atoms with Gasteiger partial charge in [0, 0.05) is 11.3 Å². The van der Waals surface area contributed by atoms with Gasteiger partial charge in [0.15, 0.2) is 0 Å². The summed E-state index contributed by atoms with van der Waals surface area (Å²) in [5.41, 5.74) is 1.23. The summed E-state index contributed by atoms with van der Waals surface area (Å²) in [6, 6.07) is 12.0. The van der Waals surface area contributed by atoms with Crippen LogP contribution in [0.15, 0.2) is 60.7 Å². The van der Waals surface area contributed by atoms with Crippen LogP contribution < -0.4 is 10.2 Å². The molecule has 6 atom stereocenters. The molecule has 2 aromatic carbocycles. The number of benzene rings is 2. The molecule has 1 aliphatic heterocycles. The fraction of sp³-hybridized carbons (Fsp3) is 0.292. The summed E-state index contributed by atoms with van der Waals surface area (Å²) in [4.78, 5) is 40.4. The number of imide groups is 1. The summed E-state index contributed by atoms with van der Waals surface area (Å²) in [5.74, 6) is -0.187. The third-order valence-corrected chi connectivity index (χ3v) is 7.13. The quantitative estimate of drug-likeness (QED) is 0.630. The minimum atomic E-state index is -0.386. The molecule has 5 aliphatic rings. The maximum absolute atomic E-state index is 13.2. The molecule has 0 spiro atoms. The number of amides is 3. The zero-order valence-electron chi connectivity index (χ0n) is 16.0. The predicted molar refractivity (Wildman–Crippen MR) is 108 cm³/mol. The summed E-state index contributed by atoms with van der Waals surface area (Å²) in [5, 5.41) is 2.71. The molecule has 1 saturated heterocycles. The first kappa shape index (κ1) is 17.6. The van der Waals surface area contributed by atoms with Gasteiger partial charge in [-0.15, -0.1) is 0 Å². The van der Waals surface area contributed by atoms with E-state index >= 15 is 0 Å². The molecule has 0 radical (unpaired) electrons. The fourth-order valence-electron chi connectivity index (χ4n) is 5.73. The lowest BCUT2D eigenvalue weighted by molar-refractivity contribution is -0.124. The molecule has 7 rings (SSSR count). The first-order valence-corrected chi connectivity index (χ1v) is 10.3. The van der Waals surface area contributed by atoms with Crippen molar-refractivity contribution in [1.82, 2.24) is 0 Å². The standard InChI is InChI=1S/C24H19FN2O3/c25-13-4-6-14(7-5-13)26-22(28)12-2-1-3-15(10-12)27-23(29)20-16-8-9-17(19-11-18(16)19)21(20)24(27)30/h1-10,16-21H,11H2,(H,26,28)/t16-,17+,18+,19-,20-,21+. The van der Waals surface area contributed by atoms with Gasteiger partial charge in [0.25, 0.3) is 5.91 Å². The molecule has 1 heterocycles. The Morgan fingerprint density at radius 3 is 2.20 bits per heavy atom. The van der Waals surface area contributed by atoms with E-state index < -0.39 is 0 Å². The highest BCUT2D eigenvalue weighted by Gasteiger charge is 2.67. The molecule has 2 aromatic rings. The SMILES string of the molecule is O=C(Nc1ccc(F)cc1)c1cccc(N2C(=O)[C@@H]3[C@@H]4C=C[C@@H]([C@H]5C[C@@H]45)[C@@H]3C2=O)c1. The molecule has 5 nitrogen and oxygen atoms in total. The lowest BCUT2D eigenvalue weighted by Gasteiger charge is -2.37. The van der Waals surface area contributed by atoms with Crippen molar-refractivity contribution in [2.45, 2.75) is 6.42 Å². The van der Waals surface area contributed by atoms with E-state index in [9.17, 15) is 18.8 Å². The Morgan fingerprint density at radius 2 is 1.57 bits per heavy atom. The third kappa shape index (κ3) is 2.43. The largest absolute Gasteiger partial charge is 0.322 e. The second kappa shape index (κ2) is 6.11. The van der Waals surface area contributed by atoms with Gasteiger partial charge in [0.1, 0.15) is 5.82 Å². The highest BCUT2D eigenvalue weighted by Crippen LogP contribution is 2.65. The average molecular weight is 402 g/mol. The first-order valence-electron chi connectivity index (χ1n) is 10.3. The molecule has 1 N–H and O–H groups in total. The third-order valence-electron chi connectivity index (χ3n) is 7.13. The second-order valence-electron chi connectivity index (χ2n) is 8.68. The number of allylic oxidation sites excluding steroid dienone is 2. The van der Waals surface area contributed by atoms with Gasteiger partial charge in [0.2, 0.25) is 11.8 Å². The van der Waals surface area contributed by atoms with Crippen LogP contribution in [0.5, 0.6) is 0 Å². The Morgan fingerprint density at radius 1 is 0.933 bits per heavy atom. The molecule has 30 heavy (non-hydrogen) atoms. The molecule has 2 saturated carbocycles. The number of anilines is 2. The zero-order chi connectivity index (χ0) is 20.6. The number of nitrogens with one attached hydrogen (secondary N) is 1. The van der Waals surface area contributed by atoms with Crippen LogP contribution in [-0.4, -0.2) is 17.7 Å². The van der Waals surface area contributed by atoms with Crippen molar-refractivity contribution in [2.75, 3.05) is 10.2 Å². The van der Waals surface area contributed by atoms with Crippen molar-refractivity contribution >= 4 is 29.1 Å². The van der Waals surface area contributed by atoms with E-state index in [1.807, 2.05) is 0 Å². The van der Waals surface area contributed by atoms with Crippen LogP contribution >= 0.6 is 0 Å². The van der Waals surface area contributed by atoms with E-state index in [1.165, 1.54) is 29.2 Å². The van der Waals surface area contributed by atoms with Gasteiger partial charge < -0.3 is 5.32 Å². The minimum Gasteiger partial charge on any atom is -0.322 e. The van der Waals surface area contributed by atoms with Crippen molar-refractivity contribution in [2.24, 2.45) is 35.5 Å². The molecular formula is C24H19FN2O3. The van der Waals surface area contributed by atoms with Gasteiger partial charge in [-0.1, -0.05) is 18.2 Å². The Kier molecular flexibility index (Phi) is 3.58. The molecule has 0 aromatic heterocycles. The number of carbonyl (C=O) groups excluding carboxylic acids is 3. The van der Waals surface area contributed by atoms with Crippen molar-refractivity contribution in [3.05, 3.63) is 72.1 Å². The van der Waals surface area contributed by atoms with Crippen LogP contribution in [0.1, 0.15) is 16.8 Å². The normalized spacial score (nSPS) is 32.8. The van der Waals surface area contributed by atoms with Gasteiger partial charge in [-0.25, -0.2) is 9.29 Å². The number of nitrogens with zero attached hydrogens (tertiary/aromatic N) is 1. The highest BCUT2D eigenvalue weighted by molar-refractivity contribution is 6.23. The van der Waals surface area contributed by atoms with Crippen molar-refractivity contribution in [3.63, 3.8) is 0 Å². The Hall–Kier alpha value is -3.28. The molecule has 6 heteroatoms. The van der Waals surface area contributed by atoms with Crippen LogP contribution in [-0.2, 0) is 9.59 Å². The average Bonchev–Trinajstić information content (AvgIpc) is 3.53. The van der Waals surface area contributed by atoms with E-state index in [1.54, 1.807) is 24.3 Å². The monoisotopic (exact) mass is 402 g/mol. The van der Waals surface area contributed by atoms with Crippen LogP contribution in [0.25, 0.3) is 0 Å². The molecule has 3 amide bonds. The van der Waals surface area contributed by atoms with E-state index in [-0.39, 0.29) is 47.2 Å². The summed E-state index contributed by atoms with van der Waals surface area (Å²) >= 11 is 0. The number of carbonyl (C=O) groups is 3. The maximum atomic E-state index is 13.2. The number of halogens is 1. The Balaban J connectivity index is 1.28. The Labute approximate surface area is 172 Å². The van der Waals surface area contributed by atoms with Crippen molar-refractivity contribution < 1.29 is 18.8 Å². The summed E-state index contributed by atoms with van der Waals surface area (Å²) in [6.45, 7) is 0. The summed E-state index contributed by atoms with van der Waals surface area (Å²) in [7, 11) is 0. The molecule has 150 valence electrons. The molecule has 3 fully saturated rings. The molecule has 2 bridgehead atoms. The van der Waals surface area contributed by atoms with E-state index in [0.29, 0.717) is 28.8 Å². The summed E-state index contributed by atoms with van der Waals surface area (Å²) in [6.07, 6.45) is 5.40. The lowest BCUT2D eigenvalue weighted by atomic mass is 9.63. The van der Waals surface area contributed by atoms with E-state index in [2.05, 4.69) is 17.5 Å². The number of rotatable bonds is 3. The fourth-order valence-corrected chi connectivity index (χ4v) is 5.73. The van der Waals surface area contributed by atoms with Crippen molar-refractivity contribution in [1.29, 1.82) is 0 Å². The van der Waals surface area contributed by atoms with E-state index in [0.717, 1.165) is 6.42 Å². The lowest BCUT2D eigenvalue weighted by Crippen LogP contribution is -2.40. The maximum Gasteiger partial charge on any atom is 0.255 e. The van der Waals surface area contributed by atoms with Crippen molar-refractivity contribution in [3.8, 4) is 0 Å². The van der Waals surface area contributed by atoms with Gasteiger partial charge in [-0.05, 0) is 72.6 Å². The smallest absolute Gasteiger partial charge is 0.255 e. The van der Waals surface area contributed by atoms with Crippen LogP contribution in [0.4, 0.5) is 15.8 Å². The number of hydrogen-bond donors (Lipinski definition) is 1. The van der Waals surface area contributed by atoms with Crippen LogP contribution in [0.3, 0.4) is 0 Å². The minimum absolute atomic E-state index is 0.147. The predicted octanol–water partition coefficient (Wildman–Crippen LogP) is 3.64. The van der Waals surface area contributed by atoms with Crippen LogP contribution in [0.2, 0.25) is 0 Å². The highest BCUT2D eigenvalue weighted by atomic mass is 19.1. The second-order valence-corrected chi connectivity index (χ2v) is 8.68. The van der Waals surface area contributed by atoms with E-state index in [4.69, 9.17) is 0 Å². The van der Waals surface area contributed by atoms with Gasteiger partial charge in [-0.2, -0.15) is 0 Å². The molecular weight excluding hydrogens is 383 g/mol. The first-order chi connectivity index (χ1) is 14.5. The summed E-state index contributed by atoms with van der Waals surface area (Å²) < 4.78 is 13.1. The van der Waals surface area contributed by atoms with Gasteiger partial charge in [0.05, 0.1) is 17.5 Å². The number of hydrogen-bond acceptors (Lipinski definition) is 3. The van der Waals surface area contributed by atoms with Gasteiger partial charge >= 0.3 is 0 Å². The van der Waals surface area contributed by atoms with Crippen LogP contribution in [0, 0.1) is 41.3 Å². The zero-order valence-corrected chi connectivity index (χ0v) is 16.0.